The van der Waals surface area contributed by atoms with Crippen LogP contribution in [0.3, 0.4) is 0 Å². The van der Waals surface area contributed by atoms with Gasteiger partial charge in [-0.05, 0) is 31.6 Å². The summed E-state index contributed by atoms with van der Waals surface area (Å²) in [5, 5.41) is 3.10. The maximum Gasteiger partial charge on any atom is 0.255 e. The Balaban J connectivity index is 2.36. The SMILES string of the molecule is CCN1CCc2c(cc(CNC)c(=O)n2CCCOC)C1. The van der Waals surface area contributed by atoms with Crippen LogP contribution in [0.2, 0.25) is 0 Å². The fourth-order valence-electron chi connectivity index (χ4n) is 3.03. The zero-order valence-corrected chi connectivity index (χ0v) is 13.4. The Labute approximate surface area is 126 Å². The molecule has 2 heterocycles. The molecule has 0 bridgehead atoms. The van der Waals surface area contributed by atoms with Gasteiger partial charge in [0.1, 0.15) is 0 Å². The molecule has 1 aliphatic heterocycles. The van der Waals surface area contributed by atoms with Gasteiger partial charge in [-0.1, -0.05) is 6.92 Å². The van der Waals surface area contributed by atoms with Crippen molar-refractivity contribution in [1.29, 1.82) is 0 Å². The lowest BCUT2D eigenvalue weighted by Gasteiger charge is -2.30. The average molecular weight is 293 g/mol. The number of methoxy groups -OCH3 is 1. The van der Waals surface area contributed by atoms with E-state index in [0.717, 1.165) is 44.6 Å². The van der Waals surface area contributed by atoms with E-state index >= 15 is 0 Å². The third-order valence-corrected chi connectivity index (χ3v) is 4.17. The second-order valence-electron chi connectivity index (χ2n) is 5.59. The molecule has 0 atom stereocenters. The normalized spacial score (nSPS) is 15.2. The van der Waals surface area contributed by atoms with Crippen LogP contribution in [0, 0.1) is 0 Å². The largest absolute Gasteiger partial charge is 0.385 e. The Bertz CT molecular complexity index is 525. The van der Waals surface area contributed by atoms with Crippen LogP contribution < -0.4 is 10.9 Å². The highest BCUT2D eigenvalue weighted by atomic mass is 16.5. The Morgan fingerprint density at radius 3 is 2.90 bits per heavy atom. The number of rotatable bonds is 7. The quantitative estimate of drug-likeness (QED) is 0.761. The summed E-state index contributed by atoms with van der Waals surface area (Å²) in [7, 11) is 3.58. The van der Waals surface area contributed by atoms with Gasteiger partial charge in [0, 0.05) is 57.6 Å². The summed E-state index contributed by atoms with van der Waals surface area (Å²) in [6.45, 7) is 7.31. The van der Waals surface area contributed by atoms with E-state index < -0.39 is 0 Å². The van der Waals surface area contributed by atoms with E-state index in [2.05, 4.69) is 23.2 Å². The maximum atomic E-state index is 12.6. The number of aromatic nitrogens is 1. The van der Waals surface area contributed by atoms with Crippen LogP contribution in [-0.4, -0.2) is 43.3 Å². The summed E-state index contributed by atoms with van der Waals surface area (Å²) in [4.78, 5) is 15.1. The highest BCUT2D eigenvalue weighted by Crippen LogP contribution is 2.19. The molecule has 0 aliphatic carbocycles. The predicted molar refractivity (Wildman–Crippen MR) is 84.6 cm³/mol. The van der Waals surface area contributed by atoms with Crippen LogP contribution in [0.15, 0.2) is 10.9 Å². The van der Waals surface area contributed by atoms with Gasteiger partial charge in [-0.2, -0.15) is 0 Å². The summed E-state index contributed by atoms with van der Waals surface area (Å²) in [5.41, 5.74) is 3.56. The van der Waals surface area contributed by atoms with Crippen molar-refractivity contribution in [3.63, 3.8) is 0 Å². The second kappa shape index (κ2) is 7.73. The van der Waals surface area contributed by atoms with Gasteiger partial charge in [0.2, 0.25) is 0 Å². The van der Waals surface area contributed by atoms with Gasteiger partial charge in [0.15, 0.2) is 0 Å². The van der Waals surface area contributed by atoms with Crippen LogP contribution >= 0.6 is 0 Å². The number of hydrogen-bond donors (Lipinski definition) is 1. The Kier molecular flexibility index (Phi) is 5.96. The number of pyridine rings is 1. The molecule has 2 rings (SSSR count). The molecule has 5 nitrogen and oxygen atoms in total. The molecule has 1 aromatic heterocycles. The summed E-state index contributed by atoms with van der Waals surface area (Å²) in [6, 6.07) is 2.10. The summed E-state index contributed by atoms with van der Waals surface area (Å²) in [6.07, 6.45) is 1.84. The van der Waals surface area contributed by atoms with E-state index in [9.17, 15) is 4.79 Å². The van der Waals surface area contributed by atoms with Crippen molar-refractivity contribution in [2.45, 2.75) is 39.4 Å². The summed E-state index contributed by atoms with van der Waals surface area (Å²) >= 11 is 0. The first-order chi connectivity index (χ1) is 10.2. The summed E-state index contributed by atoms with van der Waals surface area (Å²) in [5.74, 6) is 0. The van der Waals surface area contributed by atoms with E-state index in [1.165, 1.54) is 11.3 Å². The lowest BCUT2D eigenvalue weighted by molar-refractivity contribution is 0.188. The third kappa shape index (κ3) is 3.73. The van der Waals surface area contributed by atoms with Crippen LogP contribution in [0.5, 0.6) is 0 Å². The van der Waals surface area contributed by atoms with Gasteiger partial charge in [-0.15, -0.1) is 0 Å². The van der Waals surface area contributed by atoms with E-state index in [1.54, 1.807) is 7.11 Å². The van der Waals surface area contributed by atoms with E-state index in [0.29, 0.717) is 13.2 Å². The smallest absolute Gasteiger partial charge is 0.255 e. The molecule has 0 amide bonds. The standard InChI is InChI=1S/C16H27N3O2/c1-4-18-8-6-15-14(12-18)10-13(11-17-2)16(20)19(15)7-5-9-21-3/h10,17H,4-9,11-12H2,1-3H3. The van der Waals surface area contributed by atoms with Crippen molar-refractivity contribution in [1.82, 2.24) is 14.8 Å². The highest BCUT2D eigenvalue weighted by Gasteiger charge is 2.20. The van der Waals surface area contributed by atoms with Crippen molar-refractivity contribution in [3.05, 3.63) is 33.2 Å². The molecule has 0 saturated heterocycles. The fraction of sp³-hybridized carbons (Fsp3) is 0.688. The Morgan fingerprint density at radius 2 is 2.24 bits per heavy atom. The predicted octanol–water partition coefficient (Wildman–Crippen LogP) is 0.982. The summed E-state index contributed by atoms with van der Waals surface area (Å²) < 4.78 is 7.10. The van der Waals surface area contributed by atoms with Crippen molar-refractivity contribution in [3.8, 4) is 0 Å². The zero-order valence-electron chi connectivity index (χ0n) is 13.4. The lowest BCUT2D eigenvalue weighted by atomic mass is 10.0. The molecule has 118 valence electrons. The van der Waals surface area contributed by atoms with E-state index in [-0.39, 0.29) is 5.56 Å². The number of likely N-dealkylation sites (N-methyl/N-ethyl adjacent to an activating group) is 1. The molecule has 0 unspecified atom stereocenters. The first-order valence-electron chi connectivity index (χ1n) is 7.81. The zero-order chi connectivity index (χ0) is 15.2. The maximum absolute atomic E-state index is 12.6. The van der Waals surface area contributed by atoms with Crippen LogP contribution in [0.25, 0.3) is 0 Å². The van der Waals surface area contributed by atoms with Crippen molar-refractivity contribution < 1.29 is 4.74 Å². The third-order valence-electron chi connectivity index (χ3n) is 4.17. The molecular weight excluding hydrogens is 266 g/mol. The monoisotopic (exact) mass is 293 g/mol. The topological polar surface area (TPSA) is 46.5 Å². The van der Waals surface area contributed by atoms with Gasteiger partial charge in [0.05, 0.1) is 0 Å². The molecule has 21 heavy (non-hydrogen) atoms. The number of fused-ring (bicyclic) bond motifs is 1. The average Bonchev–Trinajstić information content (AvgIpc) is 2.50. The molecule has 0 aromatic carbocycles. The number of nitrogens with zero attached hydrogens (tertiary/aromatic N) is 2. The van der Waals surface area contributed by atoms with Gasteiger partial charge >= 0.3 is 0 Å². The van der Waals surface area contributed by atoms with Crippen molar-refractivity contribution in [2.75, 3.05) is 33.9 Å². The van der Waals surface area contributed by atoms with Crippen LogP contribution in [-0.2, 0) is 30.8 Å². The van der Waals surface area contributed by atoms with Gasteiger partial charge in [-0.3, -0.25) is 9.69 Å². The minimum absolute atomic E-state index is 0.157. The van der Waals surface area contributed by atoms with Gasteiger partial charge in [0.25, 0.3) is 5.56 Å². The minimum atomic E-state index is 0.157. The lowest BCUT2D eigenvalue weighted by Crippen LogP contribution is -2.37. The molecule has 1 aliphatic rings. The molecule has 1 N–H and O–H groups in total. The number of ether oxygens (including phenoxy) is 1. The van der Waals surface area contributed by atoms with Crippen molar-refractivity contribution >= 4 is 0 Å². The van der Waals surface area contributed by atoms with Crippen LogP contribution in [0.4, 0.5) is 0 Å². The highest BCUT2D eigenvalue weighted by molar-refractivity contribution is 5.29. The first-order valence-corrected chi connectivity index (χ1v) is 7.81. The molecule has 0 fully saturated rings. The second-order valence-corrected chi connectivity index (χ2v) is 5.59. The molecule has 1 aromatic rings. The first kappa shape index (κ1) is 16.2. The minimum Gasteiger partial charge on any atom is -0.385 e. The molecular formula is C16H27N3O2. The van der Waals surface area contributed by atoms with E-state index in [4.69, 9.17) is 4.74 Å². The molecule has 5 heteroatoms. The number of hydrogen-bond acceptors (Lipinski definition) is 4. The van der Waals surface area contributed by atoms with Gasteiger partial charge < -0.3 is 14.6 Å². The Morgan fingerprint density at radius 1 is 1.43 bits per heavy atom. The van der Waals surface area contributed by atoms with Gasteiger partial charge in [-0.25, -0.2) is 0 Å². The molecule has 0 radical (unpaired) electrons. The number of nitrogens with one attached hydrogen (secondary N) is 1. The van der Waals surface area contributed by atoms with E-state index in [1.807, 2.05) is 11.6 Å². The molecule has 0 saturated carbocycles. The molecule has 0 spiro atoms. The van der Waals surface area contributed by atoms with Crippen molar-refractivity contribution in [2.24, 2.45) is 0 Å². The Hall–Kier alpha value is -1.17. The fourth-order valence-corrected chi connectivity index (χ4v) is 3.03. The van der Waals surface area contributed by atoms with Crippen LogP contribution in [0.1, 0.15) is 30.2 Å².